The molecular formula is C14H13Cl2NOS. The number of benzene rings is 1. The van der Waals surface area contributed by atoms with E-state index in [2.05, 4.69) is 5.32 Å². The van der Waals surface area contributed by atoms with Gasteiger partial charge in [0.2, 0.25) is 0 Å². The number of thiophene rings is 1. The molecule has 0 aliphatic heterocycles. The molecule has 19 heavy (non-hydrogen) atoms. The number of aryl methyl sites for hydroxylation is 2. The maximum Gasteiger partial charge on any atom is 0.252 e. The van der Waals surface area contributed by atoms with E-state index in [0.29, 0.717) is 16.6 Å². The van der Waals surface area contributed by atoms with Gasteiger partial charge in [-0.3, -0.25) is 4.79 Å². The summed E-state index contributed by atoms with van der Waals surface area (Å²) in [7, 11) is 0. The molecule has 1 N–H and O–H groups in total. The van der Waals surface area contributed by atoms with Crippen LogP contribution in [0.2, 0.25) is 10.0 Å². The molecule has 0 saturated heterocycles. The van der Waals surface area contributed by atoms with Crippen LogP contribution in [0.3, 0.4) is 0 Å². The summed E-state index contributed by atoms with van der Waals surface area (Å²) in [5.41, 5.74) is 1.58. The van der Waals surface area contributed by atoms with E-state index in [1.54, 1.807) is 23.5 Å². The third-order valence-electron chi connectivity index (χ3n) is 2.74. The molecule has 2 aromatic rings. The van der Waals surface area contributed by atoms with Crippen molar-refractivity contribution >= 4 is 40.4 Å². The van der Waals surface area contributed by atoms with Crippen molar-refractivity contribution in [2.75, 3.05) is 0 Å². The second-order valence-electron chi connectivity index (χ2n) is 4.25. The molecule has 100 valence electrons. The van der Waals surface area contributed by atoms with Crippen LogP contribution in [0.1, 0.15) is 25.7 Å². The third-order valence-corrected chi connectivity index (χ3v) is 4.29. The van der Waals surface area contributed by atoms with Gasteiger partial charge in [-0.15, -0.1) is 11.3 Å². The van der Waals surface area contributed by atoms with E-state index >= 15 is 0 Å². The van der Waals surface area contributed by atoms with Crippen molar-refractivity contribution in [3.8, 4) is 0 Å². The van der Waals surface area contributed by atoms with Crippen molar-refractivity contribution in [1.82, 2.24) is 5.32 Å². The number of halogens is 2. The normalized spacial score (nSPS) is 10.5. The molecule has 0 aliphatic rings. The molecule has 0 atom stereocenters. The molecule has 5 heteroatoms. The van der Waals surface area contributed by atoms with E-state index in [1.165, 1.54) is 0 Å². The number of rotatable bonds is 3. The summed E-state index contributed by atoms with van der Waals surface area (Å²) in [4.78, 5) is 14.2. The van der Waals surface area contributed by atoms with Crippen LogP contribution in [-0.2, 0) is 6.54 Å². The molecule has 1 aromatic carbocycles. The summed E-state index contributed by atoms with van der Waals surface area (Å²) >= 11 is 13.5. The second kappa shape index (κ2) is 5.95. The van der Waals surface area contributed by atoms with E-state index in [9.17, 15) is 4.79 Å². The number of amides is 1. The van der Waals surface area contributed by atoms with Gasteiger partial charge in [-0.2, -0.15) is 0 Å². The quantitative estimate of drug-likeness (QED) is 0.881. The Labute approximate surface area is 126 Å². The lowest BCUT2D eigenvalue weighted by molar-refractivity contribution is 0.0951. The standard InChI is InChI=1S/C14H13Cl2NOS/c1-8-5-12(9(2)19-8)14(18)17-7-10-3-4-11(15)6-13(10)16/h3-6H,7H2,1-2H3,(H,17,18). The average Bonchev–Trinajstić information content (AvgIpc) is 2.67. The number of carbonyl (C=O) groups excluding carboxylic acids is 1. The summed E-state index contributed by atoms with van der Waals surface area (Å²) in [6, 6.07) is 7.15. The molecule has 2 rings (SSSR count). The molecule has 1 amide bonds. The number of nitrogens with one attached hydrogen (secondary N) is 1. The van der Waals surface area contributed by atoms with Gasteiger partial charge in [-0.05, 0) is 37.6 Å². The van der Waals surface area contributed by atoms with E-state index in [0.717, 1.165) is 20.9 Å². The van der Waals surface area contributed by atoms with Gasteiger partial charge < -0.3 is 5.32 Å². The Morgan fingerprint density at radius 2 is 2.00 bits per heavy atom. The van der Waals surface area contributed by atoms with Crippen molar-refractivity contribution in [2.24, 2.45) is 0 Å². The zero-order valence-electron chi connectivity index (χ0n) is 10.6. The topological polar surface area (TPSA) is 29.1 Å². The smallest absolute Gasteiger partial charge is 0.252 e. The van der Waals surface area contributed by atoms with Gasteiger partial charge in [0, 0.05) is 26.3 Å². The minimum Gasteiger partial charge on any atom is -0.348 e. The Bertz CT molecular complexity index is 622. The average molecular weight is 314 g/mol. The van der Waals surface area contributed by atoms with Crippen molar-refractivity contribution < 1.29 is 4.79 Å². The Kier molecular flexibility index (Phi) is 4.50. The van der Waals surface area contributed by atoms with Crippen LogP contribution in [0.25, 0.3) is 0 Å². The summed E-state index contributed by atoms with van der Waals surface area (Å²) in [5, 5.41) is 4.02. The van der Waals surface area contributed by atoms with Crippen molar-refractivity contribution in [3.05, 3.63) is 55.2 Å². The molecule has 0 bridgehead atoms. The fourth-order valence-corrected chi connectivity index (χ4v) is 3.19. The highest BCUT2D eigenvalue weighted by atomic mass is 35.5. The molecule has 0 unspecified atom stereocenters. The first-order valence-corrected chi connectivity index (χ1v) is 7.34. The monoisotopic (exact) mass is 313 g/mol. The number of hydrogen-bond acceptors (Lipinski definition) is 2. The van der Waals surface area contributed by atoms with Crippen molar-refractivity contribution in [3.63, 3.8) is 0 Å². The highest BCUT2D eigenvalue weighted by molar-refractivity contribution is 7.12. The fraction of sp³-hybridized carbons (Fsp3) is 0.214. The van der Waals surface area contributed by atoms with E-state index < -0.39 is 0 Å². The van der Waals surface area contributed by atoms with Gasteiger partial charge in [-0.1, -0.05) is 29.3 Å². The van der Waals surface area contributed by atoms with Crippen LogP contribution >= 0.6 is 34.5 Å². The molecular weight excluding hydrogens is 301 g/mol. The van der Waals surface area contributed by atoms with Gasteiger partial charge in [0.25, 0.3) is 5.91 Å². The minimum atomic E-state index is -0.0760. The van der Waals surface area contributed by atoms with E-state index in [4.69, 9.17) is 23.2 Å². The maximum absolute atomic E-state index is 12.1. The van der Waals surface area contributed by atoms with Crippen LogP contribution < -0.4 is 5.32 Å². The maximum atomic E-state index is 12.1. The van der Waals surface area contributed by atoms with Crippen molar-refractivity contribution in [1.29, 1.82) is 0 Å². The predicted octanol–water partition coefficient (Wildman–Crippen LogP) is 4.60. The van der Waals surface area contributed by atoms with Gasteiger partial charge >= 0.3 is 0 Å². The summed E-state index contributed by atoms with van der Waals surface area (Å²) in [5.74, 6) is -0.0760. The Balaban J connectivity index is 2.06. The Hall–Kier alpha value is -1.03. The molecule has 2 nitrogen and oxygen atoms in total. The summed E-state index contributed by atoms with van der Waals surface area (Å²) < 4.78 is 0. The first-order chi connectivity index (χ1) is 8.97. The van der Waals surface area contributed by atoms with Crippen LogP contribution in [-0.4, -0.2) is 5.91 Å². The highest BCUT2D eigenvalue weighted by Crippen LogP contribution is 2.22. The lowest BCUT2D eigenvalue weighted by Crippen LogP contribution is -2.23. The zero-order valence-corrected chi connectivity index (χ0v) is 12.9. The van der Waals surface area contributed by atoms with E-state index in [1.807, 2.05) is 26.0 Å². The largest absolute Gasteiger partial charge is 0.348 e. The van der Waals surface area contributed by atoms with Gasteiger partial charge in [0.15, 0.2) is 0 Å². The third kappa shape index (κ3) is 3.50. The van der Waals surface area contributed by atoms with Crippen LogP contribution in [0.4, 0.5) is 0 Å². The summed E-state index contributed by atoms with van der Waals surface area (Å²) in [6.45, 7) is 4.33. The van der Waals surface area contributed by atoms with Gasteiger partial charge in [0.1, 0.15) is 0 Å². The molecule has 0 saturated carbocycles. The minimum absolute atomic E-state index is 0.0760. The van der Waals surface area contributed by atoms with Gasteiger partial charge in [-0.25, -0.2) is 0 Å². The summed E-state index contributed by atoms with van der Waals surface area (Å²) in [6.07, 6.45) is 0. The van der Waals surface area contributed by atoms with Crippen LogP contribution in [0.5, 0.6) is 0 Å². The molecule has 0 spiro atoms. The van der Waals surface area contributed by atoms with Gasteiger partial charge in [0.05, 0.1) is 5.56 Å². The van der Waals surface area contributed by atoms with E-state index in [-0.39, 0.29) is 5.91 Å². The lowest BCUT2D eigenvalue weighted by Gasteiger charge is -2.07. The highest BCUT2D eigenvalue weighted by Gasteiger charge is 2.12. The molecule has 0 aliphatic carbocycles. The molecule has 0 fully saturated rings. The Morgan fingerprint density at radius 1 is 1.26 bits per heavy atom. The second-order valence-corrected chi connectivity index (χ2v) is 6.55. The fourth-order valence-electron chi connectivity index (χ4n) is 1.79. The zero-order chi connectivity index (χ0) is 14.0. The lowest BCUT2D eigenvalue weighted by atomic mass is 10.2. The predicted molar refractivity (Wildman–Crippen MR) is 81.4 cm³/mol. The first kappa shape index (κ1) is 14.4. The molecule has 1 heterocycles. The van der Waals surface area contributed by atoms with Crippen molar-refractivity contribution in [2.45, 2.75) is 20.4 Å². The SMILES string of the molecule is Cc1cc(C(=O)NCc2ccc(Cl)cc2Cl)c(C)s1. The Morgan fingerprint density at radius 3 is 2.58 bits per heavy atom. The number of hydrogen-bond donors (Lipinski definition) is 1. The molecule has 1 aromatic heterocycles. The van der Waals surface area contributed by atoms with Crippen LogP contribution in [0.15, 0.2) is 24.3 Å². The molecule has 0 radical (unpaired) electrons. The van der Waals surface area contributed by atoms with Crippen LogP contribution in [0, 0.1) is 13.8 Å². The first-order valence-electron chi connectivity index (χ1n) is 5.76. The number of carbonyl (C=O) groups is 1.